The Morgan fingerprint density at radius 3 is 2.48 bits per heavy atom. The first-order chi connectivity index (χ1) is 16.0. The highest BCUT2D eigenvalue weighted by molar-refractivity contribution is 6.37. The van der Waals surface area contributed by atoms with Gasteiger partial charge in [-0.3, -0.25) is 9.69 Å². The molecule has 2 bridgehead atoms. The average molecular weight is 470 g/mol. The molecule has 3 fully saturated rings. The lowest BCUT2D eigenvalue weighted by atomic mass is 9.78. The van der Waals surface area contributed by atoms with E-state index in [1.165, 1.54) is 24.8 Å². The quantitative estimate of drug-likeness (QED) is 0.510. The third kappa shape index (κ3) is 5.02. The smallest absolute Gasteiger partial charge is 0.306 e. The summed E-state index contributed by atoms with van der Waals surface area (Å²) in [4.78, 5) is 14.1. The maximum absolute atomic E-state index is 11.5. The molecule has 2 atom stereocenters. The third-order valence-electron chi connectivity index (χ3n) is 8.37. The van der Waals surface area contributed by atoms with E-state index >= 15 is 0 Å². The zero-order chi connectivity index (χ0) is 22.9. The van der Waals surface area contributed by atoms with Gasteiger partial charge in [-0.1, -0.05) is 49.2 Å². The van der Waals surface area contributed by atoms with E-state index < -0.39 is 5.97 Å². The molecule has 1 N–H and O–H groups in total. The Labute approximate surface area is 202 Å². The monoisotopic (exact) mass is 469 g/mol. The van der Waals surface area contributed by atoms with Crippen LogP contribution in [0.1, 0.15) is 70.3 Å². The first-order valence-electron chi connectivity index (χ1n) is 12.8. The van der Waals surface area contributed by atoms with Crippen molar-refractivity contribution in [2.45, 2.75) is 89.3 Å². The summed E-state index contributed by atoms with van der Waals surface area (Å²) in [5.41, 5.74) is 1.31. The highest BCUT2D eigenvalue weighted by Gasteiger charge is 2.40. The van der Waals surface area contributed by atoms with Crippen molar-refractivity contribution in [1.29, 1.82) is 0 Å². The number of nitrogens with zero attached hydrogens (tertiary/aromatic N) is 1. The van der Waals surface area contributed by atoms with Crippen molar-refractivity contribution >= 4 is 28.3 Å². The van der Waals surface area contributed by atoms with E-state index in [9.17, 15) is 9.90 Å². The molecule has 5 rings (SSSR count). The molecule has 2 aliphatic heterocycles. The summed E-state index contributed by atoms with van der Waals surface area (Å²) in [5.74, 6) is 0.844. The number of ether oxygens (including phenoxy) is 1. The molecule has 1 saturated carbocycles. The van der Waals surface area contributed by atoms with Gasteiger partial charge in [0, 0.05) is 24.0 Å². The molecule has 5 heteroatoms. The number of hydrogen-bond acceptors (Lipinski definition) is 3. The number of hydrogen-bond donors (Lipinski definition) is 1. The van der Waals surface area contributed by atoms with E-state index in [1.807, 2.05) is 6.07 Å². The SMILES string of the molecule is C[C@H]1CC[C@@H](Oc2ccc3cc(CCN4C5CCCC4CC(C(=O)O)C5)ccc3c2Cl)CC1. The van der Waals surface area contributed by atoms with Crippen molar-refractivity contribution in [2.75, 3.05) is 6.54 Å². The van der Waals surface area contributed by atoms with Gasteiger partial charge in [0.05, 0.1) is 17.0 Å². The highest BCUT2D eigenvalue weighted by Crippen LogP contribution is 2.38. The van der Waals surface area contributed by atoms with Gasteiger partial charge in [0.15, 0.2) is 0 Å². The van der Waals surface area contributed by atoms with Gasteiger partial charge in [0.25, 0.3) is 0 Å². The summed E-state index contributed by atoms with van der Waals surface area (Å²) in [6.45, 7) is 3.32. The predicted molar refractivity (Wildman–Crippen MR) is 133 cm³/mol. The van der Waals surface area contributed by atoms with Crippen LogP contribution in [0.25, 0.3) is 10.8 Å². The van der Waals surface area contributed by atoms with Crippen LogP contribution in [-0.2, 0) is 11.2 Å². The molecule has 2 saturated heterocycles. The molecule has 0 spiro atoms. The van der Waals surface area contributed by atoms with Gasteiger partial charge >= 0.3 is 5.97 Å². The second-order valence-electron chi connectivity index (χ2n) is 10.7. The molecule has 2 aromatic rings. The predicted octanol–water partition coefficient (Wildman–Crippen LogP) is 6.71. The largest absolute Gasteiger partial charge is 0.489 e. The van der Waals surface area contributed by atoms with E-state index in [1.54, 1.807) is 0 Å². The number of halogens is 1. The fourth-order valence-corrected chi connectivity index (χ4v) is 6.68. The highest BCUT2D eigenvalue weighted by atomic mass is 35.5. The zero-order valence-electron chi connectivity index (χ0n) is 19.6. The first-order valence-corrected chi connectivity index (χ1v) is 13.2. The molecule has 0 radical (unpaired) electrons. The maximum atomic E-state index is 11.5. The standard InChI is InChI=1S/C28H36ClNO3/c1-18-5-9-24(10-6-18)33-26-12-8-20-15-19(7-11-25(20)27(26)29)13-14-30-22-3-2-4-23(30)17-21(16-22)28(31)32/h7-8,11-12,15,18,21-24H,2-6,9-10,13-14,16-17H2,1H3,(H,31,32)/t18-,21?,22?,23?,24+. The Morgan fingerprint density at radius 2 is 1.79 bits per heavy atom. The van der Waals surface area contributed by atoms with E-state index in [0.29, 0.717) is 12.1 Å². The van der Waals surface area contributed by atoms with Crippen molar-refractivity contribution < 1.29 is 14.6 Å². The summed E-state index contributed by atoms with van der Waals surface area (Å²) < 4.78 is 6.29. The van der Waals surface area contributed by atoms with Crippen LogP contribution >= 0.6 is 11.6 Å². The second kappa shape index (κ2) is 9.84. The van der Waals surface area contributed by atoms with E-state index in [-0.39, 0.29) is 12.0 Å². The third-order valence-corrected chi connectivity index (χ3v) is 8.76. The topological polar surface area (TPSA) is 49.8 Å². The number of carbonyl (C=O) groups is 1. The molecule has 2 aromatic carbocycles. The molecule has 33 heavy (non-hydrogen) atoms. The Hall–Kier alpha value is -1.78. The Morgan fingerprint density at radius 1 is 1.06 bits per heavy atom. The van der Waals surface area contributed by atoms with Crippen LogP contribution < -0.4 is 4.74 Å². The van der Waals surface area contributed by atoms with Crippen molar-refractivity contribution in [3.63, 3.8) is 0 Å². The second-order valence-corrected chi connectivity index (χ2v) is 11.0. The van der Waals surface area contributed by atoms with E-state index in [2.05, 4.69) is 36.1 Å². The Balaban J connectivity index is 1.25. The van der Waals surface area contributed by atoms with E-state index in [4.69, 9.17) is 16.3 Å². The minimum absolute atomic E-state index is 0.159. The number of aliphatic carboxylic acids is 1. The summed E-state index contributed by atoms with van der Waals surface area (Å²) >= 11 is 6.76. The van der Waals surface area contributed by atoms with Gasteiger partial charge in [0.2, 0.25) is 0 Å². The fraction of sp³-hybridized carbons (Fsp3) is 0.607. The lowest BCUT2D eigenvalue weighted by molar-refractivity contribution is -0.146. The van der Waals surface area contributed by atoms with Gasteiger partial charge in [-0.25, -0.2) is 0 Å². The minimum atomic E-state index is -0.612. The Bertz CT molecular complexity index is 986. The normalized spacial score (nSPS) is 30.3. The molecule has 2 heterocycles. The van der Waals surface area contributed by atoms with E-state index in [0.717, 1.165) is 79.0 Å². The van der Waals surface area contributed by atoms with Gasteiger partial charge in [-0.2, -0.15) is 0 Å². The molecular weight excluding hydrogens is 434 g/mol. The van der Waals surface area contributed by atoms with Gasteiger partial charge < -0.3 is 9.84 Å². The zero-order valence-corrected chi connectivity index (χ0v) is 20.4. The molecular formula is C28H36ClNO3. The lowest BCUT2D eigenvalue weighted by Gasteiger charge is -2.48. The van der Waals surface area contributed by atoms with Crippen LogP contribution in [0.2, 0.25) is 5.02 Å². The molecule has 0 amide bonds. The minimum Gasteiger partial charge on any atom is -0.489 e. The summed E-state index contributed by atoms with van der Waals surface area (Å²) in [6.07, 6.45) is 11.1. The summed E-state index contributed by atoms with van der Waals surface area (Å²) in [6, 6.07) is 11.6. The average Bonchev–Trinajstić information content (AvgIpc) is 2.80. The number of fused-ring (bicyclic) bond motifs is 3. The number of piperidine rings is 2. The van der Waals surface area contributed by atoms with Crippen LogP contribution in [0.4, 0.5) is 0 Å². The lowest BCUT2D eigenvalue weighted by Crippen LogP contribution is -2.53. The van der Waals surface area contributed by atoms with Crippen LogP contribution in [0.15, 0.2) is 30.3 Å². The van der Waals surface area contributed by atoms with Crippen LogP contribution in [-0.4, -0.2) is 40.7 Å². The summed E-state index contributed by atoms with van der Waals surface area (Å²) in [7, 11) is 0. The molecule has 178 valence electrons. The number of carboxylic acid groups (broad SMARTS) is 1. The van der Waals surface area contributed by atoms with Gasteiger partial charge in [-0.15, -0.1) is 0 Å². The fourth-order valence-electron chi connectivity index (χ4n) is 6.40. The molecule has 0 aromatic heterocycles. The number of carboxylic acids is 1. The van der Waals surface area contributed by atoms with Crippen LogP contribution in [0.3, 0.4) is 0 Å². The number of benzene rings is 2. The molecule has 3 aliphatic rings. The van der Waals surface area contributed by atoms with Gasteiger partial charge in [0.1, 0.15) is 5.75 Å². The molecule has 4 nitrogen and oxygen atoms in total. The van der Waals surface area contributed by atoms with Crippen LogP contribution in [0.5, 0.6) is 5.75 Å². The first kappa shape index (κ1) is 23.0. The number of rotatable bonds is 6. The van der Waals surface area contributed by atoms with Crippen molar-refractivity contribution in [3.8, 4) is 5.75 Å². The molecule has 2 unspecified atom stereocenters. The Kier molecular flexibility index (Phi) is 6.85. The van der Waals surface area contributed by atoms with Gasteiger partial charge in [-0.05, 0) is 80.7 Å². The van der Waals surface area contributed by atoms with Crippen molar-refractivity contribution in [1.82, 2.24) is 4.90 Å². The molecule has 1 aliphatic carbocycles. The summed E-state index contributed by atoms with van der Waals surface area (Å²) in [5, 5.41) is 12.4. The van der Waals surface area contributed by atoms with Crippen molar-refractivity contribution in [3.05, 3.63) is 40.9 Å². The maximum Gasteiger partial charge on any atom is 0.306 e. The van der Waals surface area contributed by atoms with Crippen molar-refractivity contribution in [2.24, 2.45) is 11.8 Å². The van der Waals surface area contributed by atoms with Crippen LogP contribution in [0, 0.1) is 11.8 Å².